The molecule has 4 aromatic rings. The van der Waals surface area contributed by atoms with Crippen molar-refractivity contribution in [2.75, 3.05) is 0 Å². The van der Waals surface area contributed by atoms with Crippen molar-refractivity contribution in [2.45, 2.75) is 38.3 Å². The molecule has 0 aliphatic heterocycles. The standard InChI is InChI=1S/C22H22N6/c1-2-7-20(6-1)28-16-25-13-21(28)14-27-9-8-22(26-27)18-5-3-4-17(10-18)19-11-23-15-24-12-19/h3-5,8-13,15-16,20H,1-2,6-7,14H2. The molecule has 0 N–H and O–H groups in total. The lowest BCUT2D eigenvalue weighted by atomic mass is 10.0. The van der Waals surface area contributed by atoms with Crippen LogP contribution in [0.4, 0.5) is 0 Å². The second kappa shape index (κ2) is 7.38. The number of benzene rings is 1. The van der Waals surface area contributed by atoms with Gasteiger partial charge in [0.2, 0.25) is 0 Å². The molecule has 140 valence electrons. The van der Waals surface area contributed by atoms with Crippen molar-refractivity contribution in [3.05, 3.63) is 73.5 Å². The Morgan fingerprint density at radius 3 is 2.57 bits per heavy atom. The van der Waals surface area contributed by atoms with Gasteiger partial charge in [0.15, 0.2) is 0 Å². The highest BCUT2D eigenvalue weighted by Crippen LogP contribution is 2.30. The lowest BCUT2D eigenvalue weighted by Crippen LogP contribution is -2.11. The summed E-state index contributed by atoms with van der Waals surface area (Å²) in [5.41, 5.74) is 5.36. The van der Waals surface area contributed by atoms with E-state index in [2.05, 4.69) is 43.8 Å². The van der Waals surface area contributed by atoms with Crippen molar-refractivity contribution in [2.24, 2.45) is 0 Å². The van der Waals surface area contributed by atoms with Crippen molar-refractivity contribution >= 4 is 0 Å². The van der Waals surface area contributed by atoms with E-state index in [1.807, 2.05) is 41.9 Å². The van der Waals surface area contributed by atoms with E-state index < -0.39 is 0 Å². The summed E-state index contributed by atoms with van der Waals surface area (Å²) in [6, 6.07) is 11.0. The molecular formula is C22H22N6. The molecule has 1 saturated carbocycles. The first-order chi connectivity index (χ1) is 13.9. The fourth-order valence-corrected chi connectivity index (χ4v) is 4.04. The normalized spacial score (nSPS) is 14.6. The van der Waals surface area contributed by atoms with Crippen LogP contribution < -0.4 is 0 Å². The predicted molar refractivity (Wildman–Crippen MR) is 108 cm³/mol. The van der Waals surface area contributed by atoms with Crippen molar-refractivity contribution in [1.82, 2.24) is 29.3 Å². The van der Waals surface area contributed by atoms with E-state index in [1.165, 1.54) is 31.4 Å². The lowest BCUT2D eigenvalue weighted by molar-refractivity contribution is 0.488. The molecule has 0 saturated heterocycles. The summed E-state index contributed by atoms with van der Waals surface area (Å²) in [4.78, 5) is 12.6. The predicted octanol–water partition coefficient (Wildman–Crippen LogP) is 4.37. The first-order valence-electron chi connectivity index (χ1n) is 9.77. The third-order valence-corrected chi connectivity index (χ3v) is 5.48. The van der Waals surface area contributed by atoms with Crippen LogP contribution in [-0.4, -0.2) is 29.3 Å². The molecule has 28 heavy (non-hydrogen) atoms. The quantitative estimate of drug-likeness (QED) is 0.523. The molecule has 3 aromatic heterocycles. The molecule has 6 nitrogen and oxygen atoms in total. The van der Waals surface area contributed by atoms with E-state index in [0.717, 1.165) is 28.9 Å². The van der Waals surface area contributed by atoms with Crippen molar-refractivity contribution in [1.29, 1.82) is 0 Å². The summed E-state index contributed by atoms with van der Waals surface area (Å²) in [5, 5.41) is 4.80. The first kappa shape index (κ1) is 16.9. The summed E-state index contributed by atoms with van der Waals surface area (Å²) in [5.74, 6) is 0. The van der Waals surface area contributed by atoms with Gasteiger partial charge in [-0.3, -0.25) is 4.68 Å². The van der Waals surface area contributed by atoms with Gasteiger partial charge >= 0.3 is 0 Å². The Bertz CT molecular complexity index is 1060. The SMILES string of the molecule is c1cc(-c2cncnc2)cc(-c2ccn(Cc3cncn3C3CCCC3)n2)c1. The highest BCUT2D eigenvalue weighted by atomic mass is 15.3. The maximum atomic E-state index is 4.80. The molecule has 6 heteroatoms. The zero-order chi connectivity index (χ0) is 18.8. The van der Waals surface area contributed by atoms with Crippen molar-refractivity contribution in [3.8, 4) is 22.4 Å². The van der Waals surface area contributed by atoms with Crippen LogP contribution in [0.2, 0.25) is 0 Å². The number of imidazole rings is 1. The Balaban J connectivity index is 1.38. The topological polar surface area (TPSA) is 61.4 Å². The van der Waals surface area contributed by atoms with Crippen molar-refractivity contribution < 1.29 is 0 Å². The molecule has 0 atom stereocenters. The van der Waals surface area contributed by atoms with Gasteiger partial charge < -0.3 is 4.57 Å². The summed E-state index contributed by atoms with van der Waals surface area (Å²) in [7, 11) is 0. The molecule has 0 radical (unpaired) electrons. The zero-order valence-electron chi connectivity index (χ0n) is 15.6. The van der Waals surface area contributed by atoms with Gasteiger partial charge in [0.25, 0.3) is 0 Å². The number of nitrogens with zero attached hydrogens (tertiary/aromatic N) is 6. The van der Waals surface area contributed by atoms with Crippen LogP contribution in [0.25, 0.3) is 22.4 Å². The number of rotatable bonds is 5. The second-order valence-electron chi connectivity index (χ2n) is 7.34. The highest BCUT2D eigenvalue weighted by molar-refractivity contribution is 5.70. The van der Waals surface area contributed by atoms with Crippen LogP contribution in [0, 0.1) is 0 Å². The van der Waals surface area contributed by atoms with E-state index in [4.69, 9.17) is 5.10 Å². The fourth-order valence-electron chi connectivity index (χ4n) is 4.04. The molecule has 5 rings (SSSR count). The molecule has 0 amide bonds. The Hall–Kier alpha value is -3.28. The molecule has 0 spiro atoms. The van der Waals surface area contributed by atoms with Crippen LogP contribution >= 0.6 is 0 Å². The molecule has 1 aliphatic carbocycles. The minimum absolute atomic E-state index is 0.595. The van der Waals surface area contributed by atoms with Crippen molar-refractivity contribution in [3.63, 3.8) is 0 Å². The minimum atomic E-state index is 0.595. The Morgan fingerprint density at radius 2 is 1.71 bits per heavy atom. The van der Waals surface area contributed by atoms with Gasteiger partial charge in [-0.25, -0.2) is 15.0 Å². The maximum absolute atomic E-state index is 4.80. The number of hydrogen-bond acceptors (Lipinski definition) is 4. The van der Waals surface area contributed by atoms with Gasteiger partial charge in [0, 0.05) is 35.8 Å². The van der Waals surface area contributed by atoms with Gasteiger partial charge in [-0.15, -0.1) is 0 Å². The number of hydrogen-bond donors (Lipinski definition) is 0. The monoisotopic (exact) mass is 370 g/mol. The van der Waals surface area contributed by atoms with Crippen LogP contribution in [0.15, 0.2) is 67.8 Å². The lowest BCUT2D eigenvalue weighted by Gasteiger charge is -2.15. The van der Waals surface area contributed by atoms with E-state index in [1.54, 1.807) is 6.33 Å². The third-order valence-electron chi connectivity index (χ3n) is 5.48. The highest BCUT2D eigenvalue weighted by Gasteiger charge is 2.19. The van der Waals surface area contributed by atoms with E-state index in [-0.39, 0.29) is 0 Å². The fraction of sp³-hybridized carbons (Fsp3) is 0.273. The van der Waals surface area contributed by atoms with Gasteiger partial charge in [-0.05, 0) is 30.5 Å². The van der Waals surface area contributed by atoms with E-state index >= 15 is 0 Å². The number of aromatic nitrogens is 6. The summed E-state index contributed by atoms with van der Waals surface area (Å²) in [6.45, 7) is 0.739. The van der Waals surface area contributed by atoms with Gasteiger partial charge in [0.1, 0.15) is 6.33 Å². The average Bonchev–Trinajstić information content (AvgIpc) is 3.51. The van der Waals surface area contributed by atoms with E-state index in [0.29, 0.717) is 6.04 Å². The Labute approximate surface area is 163 Å². The Morgan fingerprint density at radius 1 is 0.893 bits per heavy atom. The smallest absolute Gasteiger partial charge is 0.115 e. The minimum Gasteiger partial charge on any atom is -0.330 e. The summed E-state index contributed by atoms with van der Waals surface area (Å²) in [6.07, 6.45) is 16.3. The molecular weight excluding hydrogens is 348 g/mol. The molecule has 1 aliphatic rings. The molecule has 1 aromatic carbocycles. The maximum Gasteiger partial charge on any atom is 0.115 e. The molecule has 1 fully saturated rings. The van der Waals surface area contributed by atoms with E-state index in [9.17, 15) is 0 Å². The third kappa shape index (κ3) is 3.33. The Kier molecular flexibility index (Phi) is 4.45. The van der Waals surface area contributed by atoms with Gasteiger partial charge in [0.05, 0.1) is 30.5 Å². The van der Waals surface area contributed by atoms with Gasteiger partial charge in [-0.2, -0.15) is 5.10 Å². The zero-order valence-corrected chi connectivity index (χ0v) is 15.6. The average molecular weight is 370 g/mol. The van der Waals surface area contributed by atoms with Crippen LogP contribution in [-0.2, 0) is 6.54 Å². The van der Waals surface area contributed by atoms with Gasteiger partial charge in [-0.1, -0.05) is 31.0 Å². The first-order valence-corrected chi connectivity index (χ1v) is 9.77. The van der Waals surface area contributed by atoms with Crippen LogP contribution in [0.5, 0.6) is 0 Å². The van der Waals surface area contributed by atoms with Crippen LogP contribution in [0.1, 0.15) is 37.4 Å². The molecule has 3 heterocycles. The summed E-state index contributed by atoms with van der Waals surface area (Å²) >= 11 is 0. The van der Waals surface area contributed by atoms with Crippen LogP contribution in [0.3, 0.4) is 0 Å². The molecule has 0 bridgehead atoms. The second-order valence-corrected chi connectivity index (χ2v) is 7.34. The largest absolute Gasteiger partial charge is 0.330 e. The molecule has 0 unspecified atom stereocenters. The summed E-state index contributed by atoms with van der Waals surface area (Å²) < 4.78 is 4.33.